The van der Waals surface area contributed by atoms with Crippen LogP contribution in [0.15, 0.2) is 60.9 Å². The van der Waals surface area contributed by atoms with Crippen LogP contribution in [-0.4, -0.2) is 60.8 Å². The molecule has 0 bridgehead atoms. The number of halogens is 1. The zero-order chi connectivity index (χ0) is 29.1. The number of non-ortho nitro benzene ring substituents is 1. The summed E-state index contributed by atoms with van der Waals surface area (Å²) in [5.74, 6) is -1.77. The fourth-order valence-electron chi connectivity index (χ4n) is 4.88. The van der Waals surface area contributed by atoms with Crippen molar-refractivity contribution in [3.8, 4) is 11.4 Å². The van der Waals surface area contributed by atoms with Gasteiger partial charge < -0.3 is 9.47 Å². The molecule has 0 unspecified atom stereocenters. The van der Waals surface area contributed by atoms with E-state index in [1.165, 1.54) is 19.2 Å². The summed E-state index contributed by atoms with van der Waals surface area (Å²) >= 11 is 0. The Morgan fingerprint density at radius 1 is 1.15 bits per heavy atom. The maximum absolute atomic E-state index is 13.3. The van der Waals surface area contributed by atoms with Crippen LogP contribution in [0.25, 0.3) is 11.4 Å². The van der Waals surface area contributed by atoms with Crippen molar-refractivity contribution in [1.29, 1.82) is 0 Å². The third-order valence-electron chi connectivity index (χ3n) is 6.56. The van der Waals surface area contributed by atoms with Crippen molar-refractivity contribution in [1.82, 2.24) is 14.7 Å². The molecule has 1 aliphatic carbocycles. The van der Waals surface area contributed by atoms with Gasteiger partial charge in [-0.2, -0.15) is 0 Å². The third kappa shape index (κ3) is 6.63. The molecule has 4 rings (SSSR count). The van der Waals surface area contributed by atoms with Gasteiger partial charge >= 0.3 is 11.9 Å². The van der Waals surface area contributed by atoms with Crippen LogP contribution < -0.4 is 4.72 Å². The van der Waals surface area contributed by atoms with Crippen LogP contribution in [0.2, 0.25) is 0 Å². The first-order valence-corrected chi connectivity index (χ1v) is 13.9. The Labute approximate surface area is 228 Å². The van der Waals surface area contributed by atoms with E-state index in [0.29, 0.717) is 11.1 Å². The van der Waals surface area contributed by atoms with Crippen molar-refractivity contribution in [3.05, 3.63) is 88.0 Å². The number of nitro benzene ring substituents is 1. The zero-order valence-electron chi connectivity index (χ0n) is 21.4. The number of hydrogen-bond acceptors (Lipinski definition) is 10. The molecule has 1 aliphatic rings. The highest BCUT2D eigenvalue weighted by atomic mass is 32.2. The van der Waals surface area contributed by atoms with Crippen LogP contribution >= 0.6 is 0 Å². The summed E-state index contributed by atoms with van der Waals surface area (Å²) in [5.41, 5.74) is -0.239. The molecule has 0 spiro atoms. The van der Waals surface area contributed by atoms with Gasteiger partial charge in [-0.1, -0.05) is 18.2 Å². The van der Waals surface area contributed by atoms with Crippen LogP contribution in [0.5, 0.6) is 0 Å². The average Bonchev–Trinajstić information content (AvgIpc) is 3.24. The van der Waals surface area contributed by atoms with Crippen molar-refractivity contribution < 1.29 is 36.8 Å². The van der Waals surface area contributed by atoms with Crippen molar-refractivity contribution in [2.75, 3.05) is 13.4 Å². The Balaban J connectivity index is 1.63. The number of sulfonamides is 1. The molecular formula is C26H25FN4O8S. The van der Waals surface area contributed by atoms with Gasteiger partial charge in [0, 0.05) is 24.1 Å². The summed E-state index contributed by atoms with van der Waals surface area (Å²) in [6.07, 6.45) is 1.96. The van der Waals surface area contributed by atoms with Crippen molar-refractivity contribution in [2.24, 2.45) is 5.41 Å². The Morgan fingerprint density at radius 2 is 1.82 bits per heavy atom. The Kier molecular flexibility index (Phi) is 8.21. The number of nitro groups is 1. The maximum Gasteiger partial charge on any atom is 0.338 e. The topological polar surface area (TPSA) is 168 Å². The van der Waals surface area contributed by atoms with Gasteiger partial charge in [0.05, 0.1) is 47.7 Å². The number of carbonyl (C=O) groups is 2. The molecule has 210 valence electrons. The lowest BCUT2D eigenvalue weighted by atomic mass is 9.79. The van der Waals surface area contributed by atoms with E-state index in [1.54, 1.807) is 24.3 Å². The lowest BCUT2D eigenvalue weighted by Crippen LogP contribution is -2.41. The molecule has 0 radical (unpaired) electrons. The number of esters is 2. The first-order valence-electron chi connectivity index (χ1n) is 12.0. The predicted molar refractivity (Wildman–Crippen MR) is 139 cm³/mol. The lowest BCUT2D eigenvalue weighted by molar-refractivity contribution is -0.384. The van der Waals surface area contributed by atoms with Gasteiger partial charge in [0.15, 0.2) is 11.6 Å². The highest BCUT2D eigenvalue weighted by Crippen LogP contribution is 2.44. The second-order valence-electron chi connectivity index (χ2n) is 9.53. The number of rotatable bonds is 9. The molecule has 14 heteroatoms. The maximum atomic E-state index is 13.3. The molecule has 1 aromatic heterocycles. The number of nitrogens with one attached hydrogen (secondary N) is 1. The van der Waals surface area contributed by atoms with Gasteiger partial charge in [-0.25, -0.2) is 32.3 Å². The summed E-state index contributed by atoms with van der Waals surface area (Å²) in [7, 11) is -2.56. The Bertz CT molecular complexity index is 1530. The van der Waals surface area contributed by atoms with E-state index >= 15 is 0 Å². The molecule has 1 fully saturated rings. The smallest absolute Gasteiger partial charge is 0.338 e. The number of benzene rings is 2. The average molecular weight is 573 g/mol. The summed E-state index contributed by atoms with van der Waals surface area (Å²) in [6.45, 7) is 0. The van der Waals surface area contributed by atoms with Gasteiger partial charge in [-0.3, -0.25) is 14.9 Å². The van der Waals surface area contributed by atoms with Crippen LogP contribution in [-0.2, 0) is 30.7 Å². The van der Waals surface area contributed by atoms with Crippen molar-refractivity contribution >= 4 is 27.6 Å². The molecule has 0 aliphatic heterocycles. The van der Waals surface area contributed by atoms with Gasteiger partial charge in [0.25, 0.3) is 5.69 Å². The summed E-state index contributed by atoms with van der Waals surface area (Å²) < 4.78 is 50.8. The molecule has 0 saturated heterocycles. The SMILES string of the molecule is COC(=O)[C@]1(Cc2cccc(-c3ncc(F)cn3)c2)C[C@@H](NS(C)(=O)=O)[C@H](OC(=O)c2ccc([N+](=O)[O-])cc2)C1. The summed E-state index contributed by atoms with van der Waals surface area (Å²) in [4.78, 5) is 44.4. The second-order valence-corrected chi connectivity index (χ2v) is 11.3. The molecule has 12 nitrogen and oxygen atoms in total. The third-order valence-corrected chi connectivity index (χ3v) is 7.29. The quantitative estimate of drug-likeness (QED) is 0.229. The van der Waals surface area contributed by atoms with E-state index in [-0.39, 0.29) is 36.3 Å². The minimum atomic E-state index is -3.77. The van der Waals surface area contributed by atoms with Crippen LogP contribution in [0.3, 0.4) is 0 Å². The molecule has 0 amide bonds. The minimum Gasteiger partial charge on any atom is -0.469 e. The number of aromatic nitrogens is 2. The van der Waals surface area contributed by atoms with Gasteiger partial charge in [-0.15, -0.1) is 0 Å². The minimum absolute atomic E-state index is 0.0197. The van der Waals surface area contributed by atoms with E-state index < -0.39 is 50.3 Å². The molecule has 1 N–H and O–H groups in total. The largest absolute Gasteiger partial charge is 0.469 e. The highest BCUT2D eigenvalue weighted by molar-refractivity contribution is 7.88. The number of ether oxygens (including phenoxy) is 2. The van der Waals surface area contributed by atoms with E-state index in [0.717, 1.165) is 30.8 Å². The van der Waals surface area contributed by atoms with Gasteiger partial charge in [0.2, 0.25) is 10.0 Å². The molecule has 3 aromatic rings. The van der Waals surface area contributed by atoms with Gasteiger partial charge in [0.1, 0.15) is 6.10 Å². The number of methoxy groups -OCH3 is 1. The second kappa shape index (κ2) is 11.4. The fourth-order valence-corrected chi connectivity index (χ4v) is 5.66. The molecule has 2 aromatic carbocycles. The number of hydrogen-bond donors (Lipinski definition) is 1. The molecular weight excluding hydrogens is 547 g/mol. The normalized spacial score (nSPS) is 20.6. The molecule has 3 atom stereocenters. The Morgan fingerprint density at radius 3 is 2.42 bits per heavy atom. The first kappa shape index (κ1) is 28.7. The van der Waals surface area contributed by atoms with E-state index in [4.69, 9.17) is 9.47 Å². The standard InChI is InChI=1S/C26H25FN4O8S/c1-38-25(33)26(11-16-4-3-5-18(10-16)23-28-14-19(27)15-29-23)12-21(30-40(2,36)37)22(13-26)39-24(32)17-6-8-20(9-7-17)31(34)35/h3-10,14-15,21-22,30H,11-13H2,1-2H3/t21-,22-,26-/m1/s1. The molecule has 1 heterocycles. The first-order chi connectivity index (χ1) is 18.9. The van der Waals surface area contributed by atoms with Crippen LogP contribution in [0.4, 0.5) is 10.1 Å². The van der Waals surface area contributed by atoms with Crippen LogP contribution in [0, 0.1) is 21.3 Å². The fraction of sp³-hybridized carbons (Fsp3) is 0.308. The molecule has 40 heavy (non-hydrogen) atoms. The predicted octanol–water partition coefficient (Wildman–Crippen LogP) is 2.83. The number of carbonyl (C=O) groups excluding carboxylic acids is 2. The van der Waals surface area contributed by atoms with Crippen LogP contribution in [0.1, 0.15) is 28.8 Å². The summed E-state index contributed by atoms with van der Waals surface area (Å²) in [6, 6.07) is 10.7. The van der Waals surface area contributed by atoms with E-state index in [1.807, 2.05) is 0 Å². The lowest BCUT2D eigenvalue weighted by Gasteiger charge is -2.26. The Hall–Kier alpha value is -4.30. The van der Waals surface area contributed by atoms with Gasteiger partial charge in [-0.05, 0) is 36.6 Å². The zero-order valence-corrected chi connectivity index (χ0v) is 22.3. The van der Waals surface area contributed by atoms with E-state index in [2.05, 4.69) is 14.7 Å². The van der Waals surface area contributed by atoms with Crippen molar-refractivity contribution in [3.63, 3.8) is 0 Å². The highest BCUT2D eigenvalue weighted by Gasteiger charge is 2.53. The summed E-state index contributed by atoms with van der Waals surface area (Å²) in [5, 5.41) is 10.9. The number of nitrogens with zero attached hydrogens (tertiary/aromatic N) is 3. The van der Waals surface area contributed by atoms with Crippen molar-refractivity contribution in [2.45, 2.75) is 31.4 Å². The van der Waals surface area contributed by atoms with E-state index in [9.17, 15) is 32.5 Å². The molecule has 1 saturated carbocycles. The monoisotopic (exact) mass is 572 g/mol.